The van der Waals surface area contributed by atoms with Crippen LogP contribution in [-0.4, -0.2) is 41.6 Å². The van der Waals surface area contributed by atoms with Gasteiger partial charge in [0.25, 0.3) is 0 Å². The molecule has 0 spiro atoms. The highest BCUT2D eigenvalue weighted by Gasteiger charge is 2.21. The van der Waals surface area contributed by atoms with Crippen LogP contribution in [0.4, 0.5) is 0 Å². The molecule has 0 saturated carbocycles. The van der Waals surface area contributed by atoms with Crippen LogP contribution in [0.1, 0.15) is 13.8 Å². The molecule has 1 aliphatic heterocycles. The number of nitrogens with one attached hydrogen (secondary N) is 1. The normalized spacial score (nSPS) is 12.6. The van der Waals surface area contributed by atoms with Gasteiger partial charge in [-0.2, -0.15) is 0 Å². The summed E-state index contributed by atoms with van der Waals surface area (Å²) in [6.45, 7) is 4.82. The third-order valence-corrected chi connectivity index (χ3v) is 5.30. The summed E-state index contributed by atoms with van der Waals surface area (Å²) in [5, 5.41) is 0. The molecule has 9 heteroatoms. The molecule has 2 aromatic rings. The lowest BCUT2D eigenvalue weighted by Crippen LogP contribution is -2.28. The monoisotopic (exact) mass is 409 g/mol. The number of fused-ring (bicyclic) bond motifs is 1. The van der Waals surface area contributed by atoms with Gasteiger partial charge in [0.2, 0.25) is 16.8 Å². The van der Waals surface area contributed by atoms with Crippen LogP contribution < -0.4 is 28.4 Å². The lowest BCUT2D eigenvalue weighted by Gasteiger charge is -2.14. The van der Waals surface area contributed by atoms with E-state index in [0.29, 0.717) is 36.2 Å². The Hall–Kier alpha value is -2.65. The first-order valence-corrected chi connectivity index (χ1v) is 10.4. The van der Waals surface area contributed by atoms with Crippen LogP contribution in [-0.2, 0) is 10.0 Å². The van der Waals surface area contributed by atoms with E-state index < -0.39 is 10.0 Å². The molecule has 1 heterocycles. The highest BCUT2D eigenvalue weighted by molar-refractivity contribution is 7.89. The molecule has 0 saturated heterocycles. The Labute approximate surface area is 164 Å². The van der Waals surface area contributed by atoms with Crippen LogP contribution in [0.2, 0.25) is 0 Å². The lowest BCUT2D eigenvalue weighted by atomic mass is 10.3. The van der Waals surface area contributed by atoms with E-state index in [9.17, 15) is 8.42 Å². The predicted octanol–water partition coefficient (Wildman–Crippen LogP) is 2.57. The lowest BCUT2D eigenvalue weighted by molar-refractivity contribution is 0.173. The molecule has 8 nitrogen and oxygen atoms in total. The van der Waals surface area contributed by atoms with Crippen molar-refractivity contribution < 1.29 is 32.1 Å². The molecule has 0 amide bonds. The Bertz CT molecular complexity index is 914. The van der Waals surface area contributed by atoms with E-state index in [1.54, 1.807) is 37.3 Å². The van der Waals surface area contributed by atoms with Gasteiger partial charge in [0.1, 0.15) is 28.8 Å². The van der Waals surface area contributed by atoms with Gasteiger partial charge in [-0.25, -0.2) is 13.1 Å². The van der Waals surface area contributed by atoms with Gasteiger partial charge < -0.3 is 23.7 Å². The first-order chi connectivity index (χ1) is 13.5. The van der Waals surface area contributed by atoms with Crippen molar-refractivity contribution in [3.8, 4) is 28.7 Å². The second kappa shape index (κ2) is 9.03. The van der Waals surface area contributed by atoms with Crippen molar-refractivity contribution >= 4 is 10.0 Å². The summed E-state index contributed by atoms with van der Waals surface area (Å²) < 4.78 is 54.9. The van der Waals surface area contributed by atoms with Gasteiger partial charge in [0.15, 0.2) is 11.5 Å². The number of rotatable bonds is 10. The SMILES string of the molecule is CCOc1ccc(OCC)c(S(=O)(=O)NCCOc2ccc3c(c2)OCO3)c1. The number of benzene rings is 2. The third kappa shape index (κ3) is 4.79. The van der Waals surface area contributed by atoms with Crippen molar-refractivity contribution in [3.63, 3.8) is 0 Å². The number of hydrogen-bond acceptors (Lipinski definition) is 7. The largest absolute Gasteiger partial charge is 0.494 e. The highest BCUT2D eigenvalue weighted by Crippen LogP contribution is 2.35. The highest BCUT2D eigenvalue weighted by atomic mass is 32.2. The Kier molecular flexibility index (Phi) is 6.48. The molecule has 0 bridgehead atoms. The Morgan fingerprint density at radius 3 is 2.43 bits per heavy atom. The van der Waals surface area contributed by atoms with Crippen LogP contribution in [0.5, 0.6) is 28.7 Å². The average molecular weight is 409 g/mol. The van der Waals surface area contributed by atoms with Crippen molar-refractivity contribution in [2.75, 3.05) is 33.2 Å². The Balaban J connectivity index is 1.62. The maximum absolute atomic E-state index is 12.7. The molecule has 28 heavy (non-hydrogen) atoms. The molecule has 0 atom stereocenters. The second-order valence-electron chi connectivity index (χ2n) is 5.74. The van der Waals surface area contributed by atoms with E-state index in [4.69, 9.17) is 23.7 Å². The molecule has 152 valence electrons. The molecular weight excluding hydrogens is 386 g/mol. The zero-order chi connectivity index (χ0) is 20.0. The molecule has 0 aromatic heterocycles. The summed E-state index contributed by atoms with van der Waals surface area (Å²) in [7, 11) is -3.80. The van der Waals surface area contributed by atoms with E-state index in [2.05, 4.69) is 4.72 Å². The molecule has 1 N–H and O–H groups in total. The fourth-order valence-electron chi connectivity index (χ4n) is 2.62. The molecule has 2 aromatic carbocycles. The van der Waals surface area contributed by atoms with Gasteiger partial charge in [-0.15, -0.1) is 0 Å². The van der Waals surface area contributed by atoms with Crippen LogP contribution in [0.15, 0.2) is 41.3 Å². The van der Waals surface area contributed by atoms with Gasteiger partial charge in [-0.05, 0) is 38.1 Å². The minimum atomic E-state index is -3.80. The van der Waals surface area contributed by atoms with Gasteiger partial charge >= 0.3 is 0 Å². The van der Waals surface area contributed by atoms with E-state index >= 15 is 0 Å². The fraction of sp³-hybridized carbons (Fsp3) is 0.368. The summed E-state index contributed by atoms with van der Waals surface area (Å²) in [5.41, 5.74) is 0. The maximum Gasteiger partial charge on any atom is 0.244 e. The van der Waals surface area contributed by atoms with E-state index in [1.165, 1.54) is 6.07 Å². The van der Waals surface area contributed by atoms with Gasteiger partial charge in [-0.3, -0.25) is 0 Å². The summed E-state index contributed by atoms with van der Waals surface area (Å²) in [4.78, 5) is 0.0309. The minimum Gasteiger partial charge on any atom is -0.494 e. The molecule has 0 unspecified atom stereocenters. The number of ether oxygens (including phenoxy) is 5. The van der Waals surface area contributed by atoms with Gasteiger partial charge in [-0.1, -0.05) is 0 Å². The molecular formula is C19H23NO7S. The number of sulfonamides is 1. The molecule has 0 radical (unpaired) electrons. The van der Waals surface area contributed by atoms with E-state index in [0.717, 1.165) is 0 Å². The summed E-state index contributed by atoms with van der Waals surface area (Å²) in [6, 6.07) is 9.91. The zero-order valence-electron chi connectivity index (χ0n) is 15.8. The molecule has 0 fully saturated rings. The Morgan fingerprint density at radius 1 is 0.929 bits per heavy atom. The first kappa shape index (κ1) is 20.1. The van der Waals surface area contributed by atoms with Crippen LogP contribution >= 0.6 is 0 Å². The van der Waals surface area contributed by atoms with Crippen LogP contribution in [0.3, 0.4) is 0 Å². The van der Waals surface area contributed by atoms with Crippen molar-refractivity contribution in [1.82, 2.24) is 4.72 Å². The third-order valence-electron chi connectivity index (χ3n) is 3.82. The predicted molar refractivity (Wildman–Crippen MR) is 102 cm³/mol. The molecule has 0 aliphatic carbocycles. The molecule has 3 rings (SSSR count). The van der Waals surface area contributed by atoms with Gasteiger partial charge in [0.05, 0.1) is 13.2 Å². The smallest absolute Gasteiger partial charge is 0.244 e. The summed E-state index contributed by atoms with van der Waals surface area (Å²) in [5.74, 6) is 2.56. The standard InChI is InChI=1S/C19H23NO7S/c1-3-23-15-6-8-17(24-4-2)19(12-15)28(21,22)20-9-10-25-14-5-7-16-18(11-14)27-13-26-16/h5-8,11-12,20H,3-4,9-10,13H2,1-2H3. The summed E-state index contributed by atoms with van der Waals surface area (Å²) >= 11 is 0. The van der Waals surface area contributed by atoms with Crippen molar-refractivity contribution in [2.24, 2.45) is 0 Å². The topological polar surface area (TPSA) is 92.3 Å². The first-order valence-electron chi connectivity index (χ1n) is 8.95. The summed E-state index contributed by atoms with van der Waals surface area (Å²) in [6.07, 6.45) is 0. The van der Waals surface area contributed by atoms with Crippen molar-refractivity contribution in [2.45, 2.75) is 18.7 Å². The molecule has 1 aliphatic rings. The van der Waals surface area contributed by atoms with E-state index in [1.807, 2.05) is 6.92 Å². The maximum atomic E-state index is 12.7. The minimum absolute atomic E-state index is 0.0309. The second-order valence-corrected chi connectivity index (χ2v) is 7.47. The van der Waals surface area contributed by atoms with Crippen molar-refractivity contribution in [3.05, 3.63) is 36.4 Å². The van der Waals surface area contributed by atoms with Crippen LogP contribution in [0, 0.1) is 0 Å². The zero-order valence-corrected chi connectivity index (χ0v) is 16.6. The van der Waals surface area contributed by atoms with Gasteiger partial charge in [0, 0.05) is 18.7 Å². The van der Waals surface area contributed by atoms with Crippen LogP contribution in [0.25, 0.3) is 0 Å². The van der Waals surface area contributed by atoms with Crippen molar-refractivity contribution in [1.29, 1.82) is 0 Å². The fourth-order valence-corrected chi connectivity index (χ4v) is 3.79. The van der Waals surface area contributed by atoms with E-state index in [-0.39, 0.29) is 30.6 Å². The number of hydrogen-bond donors (Lipinski definition) is 1. The average Bonchev–Trinajstić information content (AvgIpc) is 3.15. The Morgan fingerprint density at radius 2 is 1.64 bits per heavy atom. The quantitative estimate of drug-likeness (QED) is 0.603.